The number of nitrogens with one attached hydrogen (secondary N) is 1. The van der Waals surface area contributed by atoms with Crippen molar-refractivity contribution < 1.29 is 78.0 Å². The standard InChI is InChI=1S/C41H65N8O16P/c1-4-47-9-5-8-31(47)19-42-40(60)32-17-29(18-33(61-2)39(32)62-3)7-6-13-63-15-16-64-14-12-49-20-30(43-44-49)26-65-28-41(66,48(24-37(56)57)25-38(58)59)27-46(23-36(54)55)11-10-45(21-34(50)51)22-35(52)53/h17-18,20,31H,4-16,19,21-28,66H2,1-3H3,(H,42,60)(H,50,51)(H,52,53)(H,54,55)(H,56,57)(H,58,59)/t31-,41+/m0/s1. The van der Waals surface area contributed by atoms with E-state index in [1.807, 2.05) is 12.1 Å². The number of carbonyl (C=O) groups excluding carboxylic acids is 1. The zero-order chi connectivity index (χ0) is 48.6. The lowest BCUT2D eigenvalue weighted by Crippen LogP contribution is -2.58. The minimum atomic E-state index is -1.51. The summed E-state index contributed by atoms with van der Waals surface area (Å²) in [5.41, 5.74) is 1.71. The van der Waals surface area contributed by atoms with Gasteiger partial charge in [0.1, 0.15) is 5.69 Å². The maximum Gasteiger partial charge on any atom is 0.317 e. The molecule has 3 rings (SSSR count). The first-order valence-electron chi connectivity index (χ1n) is 21.4. The number of aromatic nitrogens is 3. The average molecular weight is 957 g/mol. The van der Waals surface area contributed by atoms with Crippen molar-refractivity contribution in [2.45, 2.75) is 57.1 Å². The first-order chi connectivity index (χ1) is 31.5. The number of hydrogen-bond donors (Lipinski definition) is 6. The van der Waals surface area contributed by atoms with E-state index in [0.717, 1.165) is 41.3 Å². The maximum atomic E-state index is 13.3. The molecule has 25 heteroatoms. The Morgan fingerprint density at radius 2 is 1.45 bits per heavy atom. The molecule has 1 saturated heterocycles. The Morgan fingerprint density at radius 1 is 0.833 bits per heavy atom. The summed E-state index contributed by atoms with van der Waals surface area (Å²) in [6.45, 7) is 1.88. The molecule has 2 aromatic rings. The molecule has 0 spiro atoms. The van der Waals surface area contributed by atoms with Gasteiger partial charge >= 0.3 is 29.8 Å². The van der Waals surface area contributed by atoms with Gasteiger partial charge < -0.3 is 54.5 Å². The fourth-order valence-electron chi connectivity index (χ4n) is 7.49. The third kappa shape index (κ3) is 19.8. The molecule has 1 aliphatic rings. The summed E-state index contributed by atoms with van der Waals surface area (Å²) in [6.07, 6.45) is 5.10. The molecular formula is C41H65N8O16P. The van der Waals surface area contributed by atoms with Gasteiger partial charge in [-0.05, 0) is 56.5 Å². The molecule has 1 unspecified atom stereocenters. The monoisotopic (exact) mass is 956 g/mol. The molecular weight excluding hydrogens is 891 g/mol. The van der Waals surface area contributed by atoms with Crippen molar-refractivity contribution in [2.24, 2.45) is 0 Å². The van der Waals surface area contributed by atoms with E-state index < -0.39 is 67.9 Å². The van der Waals surface area contributed by atoms with Gasteiger partial charge in [-0.3, -0.25) is 48.4 Å². The van der Waals surface area contributed by atoms with Gasteiger partial charge in [-0.15, -0.1) is 14.3 Å². The number of benzene rings is 1. The zero-order valence-electron chi connectivity index (χ0n) is 37.8. The third-order valence-corrected chi connectivity index (χ3v) is 11.3. The number of ether oxygens (including phenoxy) is 5. The molecule has 0 radical (unpaired) electrons. The number of carbonyl (C=O) groups is 6. The second-order valence-corrected chi connectivity index (χ2v) is 16.7. The summed E-state index contributed by atoms with van der Waals surface area (Å²) >= 11 is 0. The number of methoxy groups -OCH3 is 2. The molecule has 2 heterocycles. The highest BCUT2D eigenvalue weighted by molar-refractivity contribution is 7.19. The zero-order valence-corrected chi connectivity index (χ0v) is 39.0. The van der Waals surface area contributed by atoms with E-state index in [4.69, 9.17) is 23.7 Å². The van der Waals surface area contributed by atoms with Crippen LogP contribution in [-0.2, 0) is 57.8 Å². The van der Waals surface area contributed by atoms with Crippen LogP contribution in [0, 0.1) is 0 Å². The largest absolute Gasteiger partial charge is 0.493 e. The smallest absolute Gasteiger partial charge is 0.317 e. The lowest BCUT2D eigenvalue weighted by Gasteiger charge is -2.42. The van der Waals surface area contributed by atoms with Crippen molar-refractivity contribution in [3.05, 3.63) is 35.2 Å². The molecule has 1 amide bonds. The Balaban J connectivity index is 1.48. The Morgan fingerprint density at radius 3 is 2.06 bits per heavy atom. The predicted molar refractivity (Wildman–Crippen MR) is 237 cm³/mol. The molecule has 3 atom stereocenters. The minimum Gasteiger partial charge on any atom is -0.493 e. The van der Waals surface area contributed by atoms with Gasteiger partial charge in [0.25, 0.3) is 5.91 Å². The predicted octanol–water partition coefficient (Wildman–Crippen LogP) is -0.408. The van der Waals surface area contributed by atoms with Crippen LogP contribution in [0.25, 0.3) is 0 Å². The van der Waals surface area contributed by atoms with Crippen LogP contribution in [0.2, 0.25) is 0 Å². The highest BCUT2D eigenvalue weighted by Crippen LogP contribution is 2.33. The molecule has 1 aromatic carbocycles. The van der Waals surface area contributed by atoms with Crippen molar-refractivity contribution in [1.82, 2.24) is 39.9 Å². The number of carboxylic acid groups (broad SMARTS) is 5. The fraction of sp³-hybridized carbons (Fsp3) is 0.659. The number of hydrogen-bond acceptors (Lipinski definition) is 17. The topological polar surface area (TPSA) is 305 Å². The van der Waals surface area contributed by atoms with Gasteiger partial charge in [-0.25, -0.2) is 4.68 Å². The number of likely N-dealkylation sites (tertiary alicyclic amines) is 1. The Hall–Kier alpha value is -5.07. The Bertz CT molecular complexity index is 1860. The highest BCUT2D eigenvalue weighted by Gasteiger charge is 2.38. The number of aliphatic carboxylic acids is 5. The summed E-state index contributed by atoms with van der Waals surface area (Å²) in [7, 11) is 5.41. The summed E-state index contributed by atoms with van der Waals surface area (Å²) in [4.78, 5) is 77.1. The molecule has 0 saturated carbocycles. The number of rotatable bonds is 36. The van der Waals surface area contributed by atoms with Crippen LogP contribution in [0.5, 0.6) is 11.5 Å². The van der Waals surface area contributed by atoms with Crippen molar-refractivity contribution >= 4 is 45.0 Å². The molecule has 0 bridgehead atoms. The lowest BCUT2D eigenvalue weighted by molar-refractivity contribution is -0.146. The van der Waals surface area contributed by atoms with Gasteiger partial charge in [-0.1, -0.05) is 12.1 Å². The van der Waals surface area contributed by atoms with Gasteiger partial charge in [-0.2, -0.15) is 0 Å². The molecule has 66 heavy (non-hydrogen) atoms. The van der Waals surface area contributed by atoms with E-state index in [1.165, 1.54) is 23.8 Å². The molecule has 370 valence electrons. The van der Waals surface area contributed by atoms with Crippen LogP contribution < -0.4 is 14.8 Å². The van der Waals surface area contributed by atoms with Crippen LogP contribution >= 0.6 is 9.24 Å². The first-order valence-corrected chi connectivity index (χ1v) is 22.0. The van der Waals surface area contributed by atoms with E-state index in [9.17, 15) is 54.3 Å². The highest BCUT2D eigenvalue weighted by atomic mass is 31.0. The summed E-state index contributed by atoms with van der Waals surface area (Å²) in [5, 5.41) is 57.0. The first kappa shape index (κ1) is 55.3. The number of amides is 1. The maximum absolute atomic E-state index is 13.3. The molecule has 0 aliphatic carbocycles. The van der Waals surface area contributed by atoms with E-state index in [0.29, 0.717) is 74.6 Å². The van der Waals surface area contributed by atoms with Crippen molar-refractivity contribution in [3.8, 4) is 11.5 Å². The van der Waals surface area contributed by atoms with Gasteiger partial charge in [0.15, 0.2) is 11.5 Å². The van der Waals surface area contributed by atoms with Crippen LogP contribution in [0.3, 0.4) is 0 Å². The van der Waals surface area contributed by atoms with Crippen LogP contribution in [0.15, 0.2) is 18.3 Å². The van der Waals surface area contributed by atoms with Gasteiger partial charge in [0, 0.05) is 38.8 Å². The fourth-order valence-corrected chi connectivity index (χ4v) is 8.05. The lowest BCUT2D eigenvalue weighted by atomic mass is 10.0. The quantitative estimate of drug-likeness (QED) is 0.0374. The van der Waals surface area contributed by atoms with E-state index in [-0.39, 0.29) is 45.4 Å². The second kappa shape index (κ2) is 28.9. The van der Waals surface area contributed by atoms with Crippen LogP contribution in [0.1, 0.15) is 47.8 Å². The Kier molecular flexibility index (Phi) is 24.2. The van der Waals surface area contributed by atoms with Gasteiger partial charge in [0.2, 0.25) is 0 Å². The van der Waals surface area contributed by atoms with Crippen molar-refractivity contribution in [1.29, 1.82) is 0 Å². The average Bonchev–Trinajstić information content (AvgIpc) is 3.91. The normalized spacial score (nSPS) is 15.0. The van der Waals surface area contributed by atoms with Crippen molar-refractivity contribution in [2.75, 3.05) is 119 Å². The number of aryl methyl sites for hydroxylation is 1. The SMILES string of the molecule is CCN1CCC[C@H]1CNC(=O)c1cc(CCCOCCOCCn2cc(COC[C@](P)(CN(CCN(CC(=O)O)CC(=O)O)CC(=O)O)N(CC(=O)O)CC(=O)O)nn2)cc(OC)c1OC. The molecule has 1 aromatic heterocycles. The minimum absolute atomic E-state index is 0.140. The number of carboxylic acids is 5. The van der Waals surface area contributed by atoms with E-state index in [2.05, 4.69) is 36.7 Å². The molecule has 6 N–H and O–H groups in total. The molecule has 24 nitrogen and oxygen atoms in total. The third-order valence-electron chi connectivity index (χ3n) is 10.6. The summed E-state index contributed by atoms with van der Waals surface area (Å²) < 4.78 is 30.0. The molecule has 1 fully saturated rings. The van der Waals surface area contributed by atoms with Gasteiger partial charge in [0.05, 0.1) is 104 Å². The van der Waals surface area contributed by atoms with Crippen LogP contribution in [-0.4, -0.2) is 226 Å². The summed E-state index contributed by atoms with van der Waals surface area (Å²) in [6, 6.07) is 4.01. The Labute approximate surface area is 385 Å². The summed E-state index contributed by atoms with van der Waals surface area (Å²) in [5.74, 6) is -5.96. The van der Waals surface area contributed by atoms with E-state index in [1.54, 1.807) is 6.20 Å². The van der Waals surface area contributed by atoms with Crippen LogP contribution in [0.4, 0.5) is 0 Å². The number of nitrogens with zero attached hydrogens (tertiary/aromatic N) is 7. The second-order valence-electron chi connectivity index (χ2n) is 15.7. The number of likely N-dealkylation sites (N-methyl/N-ethyl adjacent to an activating group) is 1. The van der Waals surface area contributed by atoms with E-state index >= 15 is 0 Å². The molecule has 1 aliphatic heterocycles. The van der Waals surface area contributed by atoms with Crippen molar-refractivity contribution in [3.63, 3.8) is 0 Å².